The van der Waals surface area contributed by atoms with Crippen molar-refractivity contribution in [2.24, 2.45) is 0 Å². The Morgan fingerprint density at radius 3 is 2.33 bits per heavy atom. The van der Waals surface area contributed by atoms with Crippen LogP contribution in [0.4, 0.5) is 4.39 Å². The molecular weight excluding hydrogens is 293 g/mol. The molecule has 0 spiro atoms. The molecule has 0 bridgehead atoms. The topological polar surface area (TPSA) is 57.6 Å². The van der Waals surface area contributed by atoms with E-state index in [0.717, 1.165) is 15.9 Å². The van der Waals surface area contributed by atoms with Gasteiger partial charge >= 0.3 is 0 Å². The first-order chi connectivity index (χ1) is 9.95. The molecule has 2 aromatic carbocycles. The van der Waals surface area contributed by atoms with Gasteiger partial charge in [0.1, 0.15) is 10.7 Å². The maximum Gasteiger partial charge on any atom is 0.246 e. The average molecular weight is 309 g/mol. The predicted octanol–water partition coefficient (Wildman–Crippen LogP) is 2.14. The minimum absolute atomic E-state index is 0.157. The number of benzene rings is 2. The second-order valence-electron chi connectivity index (χ2n) is 4.67. The van der Waals surface area contributed by atoms with Crippen LogP contribution < -0.4 is 0 Å². The molecule has 112 valence electrons. The summed E-state index contributed by atoms with van der Waals surface area (Å²) in [6.07, 6.45) is 0. The Balaban J connectivity index is 2.29. The Kier molecular flexibility index (Phi) is 4.72. The van der Waals surface area contributed by atoms with Crippen molar-refractivity contribution in [1.29, 1.82) is 0 Å². The van der Waals surface area contributed by atoms with Gasteiger partial charge in [-0.3, -0.25) is 0 Å². The zero-order chi connectivity index (χ0) is 15.5. The second-order valence-corrected chi connectivity index (χ2v) is 6.68. The lowest BCUT2D eigenvalue weighted by molar-refractivity contribution is 0.281. The Morgan fingerprint density at radius 1 is 1.10 bits per heavy atom. The monoisotopic (exact) mass is 309 g/mol. The molecule has 0 aliphatic carbocycles. The first-order valence-electron chi connectivity index (χ1n) is 6.34. The molecule has 0 atom stereocenters. The summed E-state index contributed by atoms with van der Waals surface area (Å²) in [5.74, 6) is -0.860. The lowest BCUT2D eigenvalue weighted by atomic mass is 10.2. The maximum atomic E-state index is 13.9. The zero-order valence-electron chi connectivity index (χ0n) is 11.5. The third kappa shape index (κ3) is 3.47. The lowest BCUT2D eigenvalue weighted by Gasteiger charge is -2.18. The van der Waals surface area contributed by atoms with E-state index in [1.54, 1.807) is 12.1 Å². The number of rotatable bonds is 5. The normalized spacial score (nSPS) is 11.8. The highest BCUT2D eigenvalue weighted by molar-refractivity contribution is 7.89. The minimum Gasteiger partial charge on any atom is -0.392 e. The van der Waals surface area contributed by atoms with E-state index in [2.05, 4.69) is 0 Å². The van der Waals surface area contributed by atoms with E-state index in [-0.39, 0.29) is 13.2 Å². The Labute approximate surface area is 123 Å². The van der Waals surface area contributed by atoms with Gasteiger partial charge in [0.2, 0.25) is 10.0 Å². The molecule has 0 radical (unpaired) electrons. The van der Waals surface area contributed by atoms with Gasteiger partial charge in [0.15, 0.2) is 0 Å². The highest BCUT2D eigenvalue weighted by Gasteiger charge is 2.24. The van der Waals surface area contributed by atoms with Gasteiger partial charge in [0.05, 0.1) is 6.61 Å². The molecule has 2 aromatic rings. The Hall–Kier alpha value is -1.76. The van der Waals surface area contributed by atoms with Gasteiger partial charge in [-0.05, 0) is 23.3 Å². The summed E-state index contributed by atoms with van der Waals surface area (Å²) in [4.78, 5) is -0.391. The summed E-state index contributed by atoms with van der Waals surface area (Å²) in [5.41, 5.74) is 1.15. The second kappa shape index (κ2) is 6.34. The van der Waals surface area contributed by atoms with E-state index >= 15 is 0 Å². The molecule has 6 heteroatoms. The van der Waals surface area contributed by atoms with E-state index in [0.29, 0.717) is 5.56 Å². The van der Waals surface area contributed by atoms with Gasteiger partial charge in [-0.1, -0.05) is 36.4 Å². The van der Waals surface area contributed by atoms with Crippen molar-refractivity contribution in [1.82, 2.24) is 4.31 Å². The van der Waals surface area contributed by atoms with Crippen LogP contribution in [0.1, 0.15) is 11.1 Å². The van der Waals surface area contributed by atoms with Crippen LogP contribution in [0.25, 0.3) is 0 Å². The summed E-state index contributed by atoms with van der Waals surface area (Å²) in [6.45, 7) is -0.179. The average Bonchev–Trinajstić information content (AvgIpc) is 2.47. The van der Waals surface area contributed by atoms with Crippen LogP contribution >= 0.6 is 0 Å². The van der Waals surface area contributed by atoms with Crippen LogP contribution in [-0.4, -0.2) is 24.9 Å². The minimum atomic E-state index is -3.92. The largest absolute Gasteiger partial charge is 0.392 e. The summed E-state index contributed by atoms with van der Waals surface area (Å²) >= 11 is 0. The van der Waals surface area contributed by atoms with Crippen LogP contribution in [0.5, 0.6) is 0 Å². The van der Waals surface area contributed by atoms with Crippen LogP contribution in [0.15, 0.2) is 53.4 Å². The molecule has 0 heterocycles. The fraction of sp³-hybridized carbons (Fsp3) is 0.200. The molecule has 0 aliphatic rings. The summed E-state index contributed by atoms with van der Waals surface area (Å²) in [5, 5.41) is 8.93. The number of halogens is 1. The van der Waals surface area contributed by atoms with Gasteiger partial charge in [-0.15, -0.1) is 0 Å². The van der Waals surface area contributed by atoms with E-state index in [9.17, 15) is 12.8 Å². The third-order valence-corrected chi connectivity index (χ3v) is 4.95. The van der Waals surface area contributed by atoms with Gasteiger partial charge in [-0.25, -0.2) is 12.8 Å². The molecule has 0 unspecified atom stereocenters. The van der Waals surface area contributed by atoms with Crippen molar-refractivity contribution in [2.75, 3.05) is 7.05 Å². The van der Waals surface area contributed by atoms with E-state index in [1.165, 1.54) is 19.2 Å². The van der Waals surface area contributed by atoms with Crippen molar-refractivity contribution in [3.05, 3.63) is 65.5 Å². The fourth-order valence-electron chi connectivity index (χ4n) is 1.95. The van der Waals surface area contributed by atoms with Crippen molar-refractivity contribution < 1.29 is 17.9 Å². The number of hydrogen-bond donors (Lipinski definition) is 1. The number of aliphatic hydroxyl groups excluding tert-OH is 1. The van der Waals surface area contributed by atoms with Crippen molar-refractivity contribution in [3.8, 4) is 0 Å². The molecule has 0 fully saturated rings. The molecule has 21 heavy (non-hydrogen) atoms. The smallest absolute Gasteiger partial charge is 0.246 e. The molecule has 1 N–H and O–H groups in total. The standard InChI is InChI=1S/C15H16FNO3S/c1-17(10-12-5-3-2-4-6-12)21(19,20)15-8-7-13(11-18)9-14(15)16/h2-9,18H,10-11H2,1H3. The van der Waals surface area contributed by atoms with Crippen molar-refractivity contribution >= 4 is 10.0 Å². The molecule has 0 amide bonds. The van der Waals surface area contributed by atoms with Crippen molar-refractivity contribution in [2.45, 2.75) is 18.0 Å². The van der Waals surface area contributed by atoms with Crippen LogP contribution in [-0.2, 0) is 23.2 Å². The highest BCUT2D eigenvalue weighted by atomic mass is 32.2. The van der Waals surface area contributed by atoms with Crippen molar-refractivity contribution in [3.63, 3.8) is 0 Å². The third-order valence-electron chi connectivity index (χ3n) is 3.12. The van der Waals surface area contributed by atoms with E-state index in [1.807, 2.05) is 18.2 Å². The molecule has 4 nitrogen and oxygen atoms in total. The number of nitrogens with zero attached hydrogens (tertiary/aromatic N) is 1. The number of sulfonamides is 1. The Bertz CT molecular complexity index is 717. The lowest BCUT2D eigenvalue weighted by Crippen LogP contribution is -2.27. The fourth-order valence-corrected chi connectivity index (χ4v) is 3.15. The van der Waals surface area contributed by atoms with Crippen LogP contribution in [0.3, 0.4) is 0 Å². The predicted molar refractivity (Wildman–Crippen MR) is 77.4 cm³/mol. The van der Waals surface area contributed by atoms with Gasteiger partial charge in [0, 0.05) is 13.6 Å². The van der Waals surface area contributed by atoms with E-state index < -0.39 is 20.7 Å². The first kappa shape index (κ1) is 15.6. The summed E-state index contributed by atoms with van der Waals surface area (Å²) in [6, 6.07) is 12.7. The van der Waals surface area contributed by atoms with Crippen LogP contribution in [0.2, 0.25) is 0 Å². The molecule has 0 aromatic heterocycles. The molecule has 2 rings (SSSR count). The highest BCUT2D eigenvalue weighted by Crippen LogP contribution is 2.21. The van der Waals surface area contributed by atoms with Crippen LogP contribution in [0, 0.1) is 5.82 Å². The molecule has 0 aliphatic heterocycles. The quantitative estimate of drug-likeness (QED) is 0.920. The summed E-state index contributed by atoms with van der Waals surface area (Å²) < 4.78 is 39.8. The SMILES string of the molecule is CN(Cc1ccccc1)S(=O)(=O)c1ccc(CO)cc1F. The molecule has 0 saturated heterocycles. The number of aliphatic hydroxyl groups is 1. The zero-order valence-corrected chi connectivity index (χ0v) is 12.3. The Morgan fingerprint density at radius 2 is 1.76 bits per heavy atom. The number of hydrogen-bond acceptors (Lipinski definition) is 3. The first-order valence-corrected chi connectivity index (χ1v) is 7.78. The maximum absolute atomic E-state index is 13.9. The van der Waals surface area contributed by atoms with E-state index in [4.69, 9.17) is 5.11 Å². The van der Waals surface area contributed by atoms with Gasteiger partial charge in [0.25, 0.3) is 0 Å². The molecule has 0 saturated carbocycles. The molecular formula is C15H16FNO3S. The summed E-state index contributed by atoms with van der Waals surface area (Å²) in [7, 11) is -2.51. The van der Waals surface area contributed by atoms with Gasteiger partial charge in [-0.2, -0.15) is 4.31 Å². The van der Waals surface area contributed by atoms with Gasteiger partial charge < -0.3 is 5.11 Å².